The van der Waals surface area contributed by atoms with Crippen molar-refractivity contribution in [1.82, 2.24) is 12.3 Å². The number of hydrogen-bond donors (Lipinski definition) is 2. The average Bonchev–Trinajstić information content (AvgIpc) is 1.30. The summed E-state index contributed by atoms with van der Waals surface area (Å²) in [6.45, 7) is 0. The standard InChI is InChI=1S/C3H4OP.2H3N/c4-5-2-1-3-5;;/h1-2H,3H2;2*1H3/q+1;;. The summed E-state index contributed by atoms with van der Waals surface area (Å²) in [7, 11) is -0.848. The molecular formula is C3H10N2OP+. The molecule has 0 fully saturated rings. The van der Waals surface area contributed by atoms with Gasteiger partial charge in [-0.1, -0.05) is 4.57 Å². The van der Waals surface area contributed by atoms with Crippen LogP contribution in [0.25, 0.3) is 0 Å². The fraction of sp³-hybridized carbons (Fsp3) is 0.333. The molecule has 0 aromatic rings. The van der Waals surface area contributed by atoms with E-state index < -0.39 is 7.80 Å². The highest BCUT2D eigenvalue weighted by atomic mass is 31.1. The predicted molar refractivity (Wildman–Crippen MR) is 31.7 cm³/mol. The van der Waals surface area contributed by atoms with E-state index in [4.69, 9.17) is 0 Å². The Morgan fingerprint density at radius 1 is 1.43 bits per heavy atom. The first kappa shape index (κ1) is 9.90. The molecule has 1 rings (SSSR count). The monoisotopic (exact) mass is 121 g/mol. The van der Waals surface area contributed by atoms with Crippen LogP contribution in [0.2, 0.25) is 0 Å². The van der Waals surface area contributed by atoms with Crippen molar-refractivity contribution in [1.29, 1.82) is 0 Å². The molecule has 0 aromatic heterocycles. The quantitative estimate of drug-likeness (QED) is 0.477. The Bertz CT molecular complexity index is 90.9. The molecule has 6 N–H and O–H groups in total. The molecule has 0 saturated carbocycles. The van der Waals surface area contributed by atoms with Gasteiger partial charge < -0.3 is 12.3 Å². The first-order valence-electron chi connectivity index (χ1n) is 1.50. The Balaban J connectivity index is 0. The van der Waals surface area contributed by atoms with Gasteiger partial charge in [0.1, 0.15) is 0 Å². The van der Waals surface area contributed by atoms with Crippen LogP contribution >= 0.6 is 7.80 Å². The number of rotatable bonds is 0. The molecular weight excluding hydrogens is 111 g/mol. The lowest BCUT2D eigenvalue weighted by atomic mass is 10.7. The van der Waals surface area contributed by atoms with Crippen LogP contribution < -0.4 is 12.3 Å². The molecule has 1 unspecified atom stereocenters. The van der Waals surface area contributed by atoms with E-state index in [2.05, 4.69) is 0 Å². The smallest absolute Gasteiger partial charge is 0.344 e. The van der Waals surface area contributed by atoms with Gasteiger partial charge in [-0.3, -0.25) is 0 Å². The maximum atomic E-state index is 9.96. The zero-order valence-corrected chi connectivity index (χ0v) is 5.03. The Kier molecular flexibility index (Phi) is 5.56. The minimum atomic E-state index is -0.848. The Hall–Kier alpha value is -0.240. The van der Waals surface area contributed by atoms with Crippen molar-refractivity contribution >= 4 is 7.80 Å². The SMILES string of the molecule is N.N.O=[P+]1C=CC1. The highest BCUT2D eigenvalue weighted by Crippen LogP contribution is 2.29. The van der Waals surface area contributed by atoms with Crippen molar-refractivity contribution in [3.63, 3.8) is 0 Å². The van der Waals surface area contributed by atoms with Crippen LogP contribution in [0.4, 0.5) is 0 Å². The van der Waals surface area contributed by atoms with Crippen molar-refractivity contribution in [2.75, 3.05) is 6.16 Å². The first-order chi connectivity index (χ1) is 2.39. The lowest BCUT2D eigenvalue weighted by Crippen LogP contribution is -1.73. The molecule has 1 atom stereocenters. The van der Waals surface area contributed by atoms with Crippen molar-refractivity contribution < 1.29 is 4.57 Å². The second-order valence-electron chi connectivity index (χ2n) is 0.984. The third kappa shape index (κ3) is 2.45. The minimum absolute atomic E-state index is 0. The normalized spacial score (nSPS) is 18.6. The van der Waals surface area contributed by atoms with Crippen molar-refractivity contribution in [3.8, 4) is 0 Å². The summed E-state index contributed by atoms with van der Waals surface area (Å²) in [4.78, 5) is 0. The van der Waals surface area contributed by atoms with E-state index in [1.165, 1.54) is 0 Å². The predicted octanol–water partition coefficient (Wildman–Crippen LogP) is 1.67. The van der Waals surface area contributed by atoms with Gasteiger partial charge in [-0.2, -0.15) is 0 Å². The molecule has 0 spiro atoms. The number of hydrogen-bond acceptors (Lipinski definition) is 3. The first-order valence-corrected chi connectivity index (χ1v) is 3.01. The summed E-state index contributed by atoms with van der Waals surface area (Å²) >= 11 is 0. The molecule has 0 saturated heterocycles. The van der Waals surface area contributed by atoms with Crippen LogP contribution in [-0.2, 0) is 4.57 Å². The summed E-state index contributed by atoms with van der Waals surface area (Å²) in [5.74, 6) is 1.73. The largest absolute Gasteiger partial charge is 0.373 e. The molecule has 0 aliphatic carbocycles. The van der Waals surface area contributed by atoms with Gasteiger partial charge in [-0.25, -0.2) is 0 Å². The summed E-state index contributed by atoms with van der Waals surface area (Å²) in [5, 5.41) is 0. The molecule has 0 radical (unpaired) electrons. The van der Waals surface area contributed by atoms with Crippen molar-refractivity contribution in [2.24, 2.45) is 0 Å². The van der Waals surface area contributed by atoms with Gasteiger partial charge in [0, 0.05) is 6.08 Å². The molecule has 1 heterocycles. The molecule has 7 heavy (non-hydrogen) atoms. The van der Waals surface area contributed by atoms with E-state index in [-0.39, 0.29) is 12.3 Å². The summed E-state index contributed by atoms with van der Waals surface area (Å²) in [6.07, 6.45) is 2.73. The number of allylic oxidation sites excluding steroid dienone is 1. The minimum Gasteiger partial charge on any atom is -0.344 e. The van der Waals surface area contributed by atoms with Crippen LogP contribution in [-0.4, -0.2) is 6.16 Å². The Labute approximate surface area is 43.7 Å². The van der Waals surface area contributed by atoms with E-state index in [1.807, 2.05) is 6.08 Å². The van der Waals surface area contributed by atoms with Gasteiger partial charge in [0.05, 0.1) is 0 Å². The van der Waals surface area contributed by atoms with Gasteiger partial charge in [0.15, 0.2) is 12.0 Å². The Morgan fingerprint density at radius 3 is 1.71 bits per heavy atom. The molecule has 0 bridgehead atoms. The molecule has 4 heteroatoms. The molecule has 1 aliphatic rings. The third-order valence-electron chi connectivity index (χ3n) is 0.557. The molecule has 3 nitrogen and oxygen atoms in total. The summed E-state index contributed by atoms with van der Waals surface area (Å²) < 4.78 is 9.96. The highest BCUT2D eigenvalue weighted by molar-refractivity contribution is 7.50. The lowest BCUT2D eigenvalue weighted by Gasteiger charge is -1.76. The van der Waals surface area contributed by atoms with E-state index in [9.17, 15) is 4.57 Å². The van der Waals surface area contributed by atoms with E-state index in [0.717, 1.165) is 6.16 Å². The van der Waals surface area contributed by atoms with Crippen LogP contribution in [0.3, 0.4) is 0 Å². The zero-order chi connectivity index (χ0) is 3.70. The van der Waals surface area contributed by atoms with Gasteiger partial charge in [-0.05, 0) is 0 Å². The van der Waals surface area contributed by atoms with Crippen LogP contribution in [0.5, 0.6) is 0 Å². The van der Waals surface area contributed by atoms with Gasteiger partial charge >= 0.3 is 7.80 Å². The molecule has 1 aliphatic heterocycles. The highest BCUT2D eigenvalue weighted by Gasteiger charge is 2.15. The van der Waals surface area contributed by atoms with E-state index >= 15 is 0 Å². The summed E-state index contributed by atoms with van der Waals surface area (Å²) in [5.41, 5.74) is 0. The third-order valence-corrected chi connectivity index (χ3v) is 1.67. The van der Waals surface area contributed by atoms with Crippen molar-refractivity contribution in [3.05, 3.63) is 11.9 Å². The van der Waals surface area contributed by atoms with E-state index in [1.54, 1.807) is 5.82 Å². The van der Waals surface area contributed by atoms with Gasteiger partial charge in [0.25, 0.3) is 0 Å². The van der Waals surface area contributed by atoms with E-state index in [0.29, 0.717) is 0 Å². The second kappa shape index (κ2) is 3.93. The van der Waals surface area contributed by atoms with Crippen LogP contribution in [0, 0.1) is 0 Å². The average molecular weight is 121 g/mol. The Morgan fingerprint density at radius 2 is 1.71 bits per heavy atom. The zero-order valence-electron chi connectivity index (χ0n) is 4.13. The molecule has 0 amide bonds. The maximum absolute atomic E-state index is 9.96. The van der Waals surface area contributed by atoms with Crippen LogP contribution in [0.15, 0.2) is 11.9 Å². The second-order valence-corrected chi connectivity index (χ2v) is 2.48. The summed E-state index contributed by atoms with van der Waals surface area (Å²) in [6, 6.07) is 0. The fourth-order valence-electron chi connectivity index (χ4n) is 0.191. The lowest BCUT2D eigenvalue weighted by molar-refractivity contribution is 0.592. The molecule has 0 aromatic carbocycles. The van der Waals surface area contributed by atoms with Gasteiger partial charge in [-0.15, -0.1) is 0 Å². The van der Waals surface area contributed by atoms with Crippen LogP contribution in [0.1, 0.15) is 0 Å². The van der Waals surface area contributed by atoms with Gasteiger partial charge in [0.2, 0.25) is 0 Å². The maximum Gasteiger partial charge on any atom is 0.373 e. The molecule has 42 valence electrons. The topological polar surface area (TPSA) is 87.1 Å². The van der Waals surface area contributed by atoms with Crippen molar-refractivity contribution in [2.45, 2.75) is 0 Å². The fourth-order valence-corrected chi connectivity index (χ4v) is 0.574.